The third kappa shape index (κ3) is 2.41. The largest absolute Gasteiger partial charge is 0.481 e. The van der Waals surface area contributed by atoms with Crippen molar-refractivity contribution in [2.45, 2.75) is 6.54 Å². The van der Waals surface area contributed by atoms with E-state index in [1.165, 1.54) is 7.11 Å². The quantitative estimate of drug-likeness (QED) is 0.807. The molecule has 0 unspecified atom stereocenters. The Hall–Kier alpha value is -2.24. The first-order valence-electron chi connectivity index (χ1n) is 4.71. The number of nitrogens with two attached hydrogens (primary N) is 1. The maximum Gasteiger partial charge on any atom is 0.225 e. The molecule has 84 valence electrons. The summed E-state index contributed by atoms with van der Waals surface area (Å²) in [7, 11) is 1.53. The molecule has 16 heavy (non-hydrogen) atoms. The van der Waals surface area contributed by atoms with Crippen molar-refractivity contribution in [2.24, 2.45) is 0 Å². The van der Waals surface area contributed by atoms with Crippen molar-refractivity contribution in [3.63, 3.8) is 0 Å². The van der Waals surface area contributed by atoms with Gasteiger partial charge in [0.1, 0.15) is 5.82 Å². The summed E-state index contributed by atoms with van der Waals surface area (Å²) in [5, 5.41) is 3.09. The molecule has 2 aromatic heterocycles. The number of methoxy groups -OCH3 is 1. The molecule has 0 atom stereocenters. The molecule has 0 aromatic carbocycles. The Kier molecular flexibility index (Phi) is 2.90. The van der Waals surface area contributed by atoms with Crippen molar-refractivity contribution >= 4 is 11.8 Å². The van der Waals surface area contributed by atoms with Gasteiger partial charge in [-0.25, -0.2) is 0 Å². The molecule has 0 amide bonds. The van der Waals surface area contributed by atoms with E-state index in [1.54, 1.807) is 18.6 Å². The third-order valence-electron chi connectivity index (χ3n) is 1.98. The predicted molar refractivity (Wildman–Crippen MR) is 59.0 cm³/mol. The highest BCUT2D eigenvalue weighted by atomic mass is 16.5. The lowest BCUT2D eigenvalue weighted by Crippen LogP contribution is -2.04. The SMILES string of the molecule is COc1cc(NCc2ccoc2)nc(N)n1. The van der Waals surface area contributed by atoms with Gasteiger partial charge in [0.2, 0.25) is 11.8 Å². The van der Waals surface area contributed by atoms with E-state index < -0.39 is 0 Å². The Morgan fingerprint density at radius 1 is 1.50 bits per heavy atom. The van der Waals surface area contributed by atoms with Gasteiger partial charge in [0.25, 0.3) is 0 Å². The van der Waals surface area contributed by atoms with Crippen molar-refractivity contribution in [2.75, 3.05) is 18.2 Å². The lowest BCUT2D eigenvalue weighted by atomic mass is 10.3. The van der Waals surface area contributed by atoms with E-state index in [4.69, 9.17) is 14.9 Å². The average Bonchev–Trinajstić information content (AvgIpc) is 2.78. The van der Waals surface area contributed by atoms with Crippen LogP contribution in [0.25, 0.3) is 0 Å². The number of nitrogens with one attached hydrogen (secondary N) is 1. The van der Waals surface area contributed by atoms with Crippen LogP contribution in [0.5, 0.6) is 5.88 Å². The summed E-state index contributed by atoms with van der Waals surface area (Å²) in [6.45, 7) is 0.607. The minimum Gasteiger partial charge on any atom is -0.481 e. The van der Waals surface area contributed by atoms with Crippen molar-refractivity contribution in [3.8, 4) is 5.88 Å². The van der Waals surface area contributed by atoms with Crippen molar-refractivity contribution in [1.29, 1.82) is 0 Å². The Morgan fingerprint density at radius 3 is 3.06 bits per heavy atom. The monoisotopic (exact) mass is 220 g/mol. The van der Waals surface area contributed by atoms with Gasteiger partial charge in [0.15, 0.2) is 0 Å². The van der Waals surface area contributed by atoms with E-state index >= 15 is 0 Å². The molecule has 0 aliphatic rings. The molecule has 0 aliphatic heterocycles. The highest BCUT2D eigenvalue weighted by molar-refractivity contribution is 5.43. The van der Waals surface area contributed by atoms with Crippen LogP contribution in [0, 0.1) is 0 Å². The number of anilines is 2. The second-order valence-electron chi connectivity index (χ2n) is 3.14. The number of nitrogen functional groups attached to an aromatic ring is 1. The molecule has 2 rings (SSSR count). The highest BCUT2D eigenvalue weighted by Crippen LogP contribution is 2.14. The summed E-state index contributed by atoms with van der Waals surface area (Å²) in [6, 6.07) is 3.55. The lowest BCUT2D eigenvalue weighted by molar-refractivity contribution is 0.398. The van der Waals surface area contributed by atoms with Gasteiger partial charge >= 0.3 is 0 Å². The number of nitrogens with zero attached hydrogens (tertiary/aromatic N) is 2. The predicted octanol–water partition coefficient (Wildman–Crippen LogP) is 1.27. The molecule has 0 bridgehead atoms. The topological polar surface area (TPSA) is 86.2 Å². The van der Waals surface area contributed by atoms with Gasteiger partial charge in [0.05, 0.1) is 19.6 Å². The summed E-state index contributed by atoms with van der Waals surface area (Å²) in [5.41, 5.74) is 6.55. The standard InChI is InChI=1S/C10H12N4O2/c1-15-9-4-8(13-10(11)14-9)12-5-7-2-3-16-6-7/h2-4,6H,5H2,1H3,(H3,11,12,13,14). The number of aromatic nitrogens is 2. The van der Waals surface area contributed by atoms with Crippen LogP contribution in [0.15, 0.2) is 29.1 Å². The van der Waals surface area contributed by atoms with Crippen molar-refractivity contribution in [1.82, 2.24) is 9.97 Å². The van der Waals surface area contributed by atoms with Gasteiger partial charge in [-0.2, -0.15) is 9.97 Å². The van der Waals surface area contributed by atoms with Gasteiger partial charge in [-0.05, 0) is 6.07 Å². The number of hydrogen-bond acceptors (Lipinski definition) is 6. The summed E-state index contributed by atoms with van der Waals surface area (Å²) in [6.07, 6.45) is 3.28. The maximum absolute atomic E-state index is 5.52. The molecule has 0 aliphatic carbocycles. The number of ether oxygens (including phenoxy) is 1. The first-order chi connectivity index (χ1) is 7.78. The Morgan fingerprint density at radius 2 is 2.38 bits per heavy atom. The van der Waals surface area contributed by atoms with E-state index in [1.807, 2.05) is 6.07 Å². The van der Waals surface area contributed by atoms with E-state index in [0.717, 1.165) is 5.56 Å². The van der Waals surface area contributed by atoms with E-state index in [0.29, 0.717) is 18.2 Å². The van der Waals surface area contributed by atoms with Crippen LogP contribution in [-0.4, -0.2) is 17.1 Å². The fraction of sp³-hybridized carbons (Fsp3) is 0.200. The fourth-order valence-electron chi connectivity index (χ4n) is 1.22. The smallest absolute Gasteiger partial charge is 0.225 e. The molecule has 0 saturated carbocycles. The number of hydrogen-bond donors (Lipinski definition) is 2. The minimum absolute atomic E-state index is 0.175. The zero-order chi connectivity index (χ0) is 11.4. The van der Waals surface area contributed by atoms with Gasteiger partial charge in [-0.1, -0.05) is 0 Å². The van der Waals surface area contributed by atoms with Crippen molar-refractivity contribution in [3.05, 3.63) is 30.2 Å². The molecule has 6 nitrogen and oxygen atoms in total. The second-order valence-corrected chi connectivity index (χ2v) is 3.14. The van der Waals surface area contributed by atoms with E-state index in [-0.39, 0.29) is 5.95 Å². The minimum atomic E-state index is 0.175. The van der Waals surface area contributed by atoms with Crippen LogP contribution in [0.1, 0.15) is 5.56 Å². The molecule has 3 N–H and O–H groups in total. The van der Waals surface area contributed by atoms with Crippen LogP contribution < -0.4 is 15.8 Å². The number of furan rings is 1. The molecule has 6 heteroatoms. The Balaban J connectivity index is 2.06. The van der Waals surface area contributed by atoms with Crippen LogP contribution in [0.4, 0.5) is 11.8 Å². The van der Waals surface area contributed by atoms with Gasteiger partial charge < -0.3 is 20.2 Å². The molecule has 0 saturated heterocycles. The van der Waals surface area contributed by atoms with Crippen LogP contribution in [0.3, 0.4) is 0 Å². The zero-order valence-electron chi connectivity index (χ0n) is 8.80. The summed E-state index contributed by atoms with van der Waals surface area (Å²) in [4.78, 5) is 7.91. The molecular formula is C10H12N4O2. The molecular weight excluding hydrogens is 208 g/mol. The first kappa shape index (κ1) is 10.3. The van der Waals surface area contributed by atoms with E-state index in [9.17, 15) is 0 Å². The van der Waals surface area contributed by atoms with Gasteiger partial charge in [-0.3, -0.25) is 0 Å². The number of rotatable bonds is 4. The van der Waals surface area contributed by atoms with Crippen LogP contribution in [0.2, 0.25) is 0 Å². The second kappa shape index (κ2) is 4.52. The third-order valence-corrected chi connectivity index (χ3v) is 1.98. The van der Waals surface area contributed by atoms with Crippen LogP contribution in [-0.2, 0) is 6.54 Å². The molecule has 0 radical (unpaired) electrons. The van der Waals surface area contributed by atoms with Gasteiger partial charge in [-0.15, -0.1) is 0 Å². The van der Waals surface area contributed by atoms with E-state index in [2.05, 4.69) is 15.3 Å². The lowest BCUT2D eigenvalue weighted by Gasteiger charge is -2.06. The molecule has 0 fully saturated rings. The highest BCUT2D eigenvalue weighted by Gasteiger charge is 2.02. The molecule has 0 spiro atoms. The van der Waals surface area contributed by atoms with Crippen LogP contribution >= 0.6 is 0 Å². The average molecular weight is 220 g/mol. The fourth-order valence-corrected chi connectivity index (χ4v) is 1.22. The van der Waals surface area contributed by atoms with Crippen molar-refractivity contribution < 1.29 is 9.15 Å². The first-order valence-corrected chi connectivity index (χ1v) is 4.71. The summed E-state index contributed by atoms with van der Waals surface area (Å²) < 4.78 is 9.93. The molecule has 2 heterocycles. The zero-order valence-corrected chi connectivity index (χ0v) is 8.80. The van der Waals surface area contributed by atoms with Gasteiger partial charge in [0, 0.05) is 18.2 Å². The Labute approximate surface area is 92.5 Å². The maximum atomic E-state index is 5.52. The molecule has 2 aromatic rings. The Bertz CT molecular complexity index is 456. The normalized spacial score (nSPS) is 10.1. The summed E-state index contributed by atoms with van der Waals surface area (Å²) >= 11 is 0. The summed E-state index contributed by atoms with van der Waals surface area (Å²) in [5.74, 6) is 1.22.